The summed E-state index contributed by atoms with van der Waals surface area (Å²) in [5.74, 6) is 0.635. The van der Waals surface area contributed by atoms with Crippen LogP contribution in [-0.2, 0) is 4.74 Å². The number of piperidine rings is 1. The number of likely N-dealkylation sites (tertiary alicyclic amines) is 1. The second kappa shape index (κ2) is 7.39. The molecule has 5 heteroatoms. The Morgan fingerprint density at radius 2 is 2.09 bits per heavy atom. The Balaban J connectivity index is 1.77. The zero-order valence-corrected chi connectivity index (χ0v) is 15.1. The van der Waals surface area contributed by atoms with Crippen LogP contribution in [0.5, 0.6) is 0 Å². The highest BCUT2D eigenvalue weighted by atomic mass is 16.6. The van der Waals surface area contributed by atoms with Crippen molar-refractivity contribution in [1.82, 2.24) is 14.8 Å². The second-order valence-corrected chi connectivity index (χ2v) is 7.65. The van der Waals surface area contributed by atoms with Crippen LogP contribution in [0.1, 0.15) is 52.3 Å². The minimum atomic E-state index is -0.417. The van der Waals surface area contributed by atoms with Crippen molar-refractivity contribution in [2.45, 2.75) is 52.2 Å². The van der Waals surface area contributed by atoms with E-state index in [0.29, 0.717) is 12.0 Å². The summed E-state index contributed by atoms with van der Waals surface area (Å²) in [6.45, 7) is 10.6. The van der Waals surface area contributed by atoms with E-state index in [4.69, 9.17) is 4.74 Å². The van der Waals surface area contributed by atoms with Gasteiger partial charge in [0.05, 0.1) is 0 Å². The molecule has 130 valence electrons. The molecule has 1 saturated heterocycles. The summed E-state index contributed by atoms with van der Waals surface area (Å²) < 4.78 is 5.45. The van der Waals surface area contributed by atoms with Gasteiger partial charge in [0, 0.05) is 37.6 Å². The van der Waals surface area contributed by atoms with Crippen molar-refractivity contribution < 1.29 is 9.53 Å². The first-order chi connectivity index (χ1) is 10.8. The lowest BCUT2D eigenvalue weighted by Crippen LogP contribution is -2.43. The molecule has 1 atom stereocenters. The molecule has 1 amide bonds. The summed E-state index contributed by atoms with van der Waals surface area (Å²) in [5.41, 5.74) is 0.832. The van der Waals surface area contributed by atoms with E-state index in [0.717, 1.165) is 32.5 Å². The summed E-state index contributed by atoms with van der Waals surface area (Å²) in [6, 6.07) is 4.56. The van der Waals surface area contributed by atoms with Crippen LogP contribution in [0.4, 0.5) is 4.79 Å². The Labute approximate surface area is 140 Å². The Bertz CT molecular complexity index is 485. The number of hydrogen-bond acceptors (Lipinski definition) is 3. The number of nitrogens with one attached hydrogen (secondary N) is 1. The highest BCUT2D eigenvalue weighted by molar-refractivity contribution is 5.68. The number of carbonyl (C=O) groups is 1. The molecule has 0 spiro atoms. The average Bonchev–Trinajstić information content (AvgIpc) is 2.99. The number of carbonyl (C=O) groups excluding carboxylic acids is 1. The van der Waals surface area contributed by atoms with E-state index in [-0.39, 0.29) is 6.09 Å². The first-order valence-corrected chi connectivity index (χ1v) is 8.57. The maximum absolute atomic E-state index is 12.1. The first-order valence-electron chi connectivity index (χ1n) is 8.57. The standard InChI is InChI=1S/C18H31N3O2/c1-14(16-7-6-10-19-16)20(5)13-15-8-11-21(12-9-15)17(22)23-18(2,3)4/h6-7,10,14-15,19H,8-9,11-13H2,1-5H3. The highest BCUT2D eigenvalue weighted by Gasteiger charge is 2.28. The Morgan fingerprint density at radius 1 is 1.43 bits per heavy atom. The fourth-order valence-corrected chi connectivity index (χ4v) is 3.03. The number of aromatic amines is 1. The van der Waals surface area contributed by atoms with Crippen LogP contribution in [0.15, 0.2) is 18.3 Å². The normalized spacial score (nSPS) is 18.3. The van der Waals surface area contributed by atoms with E-state index in [1.165, 1.54) is 5.69 Å². The number of hydrogen-bond donors (Lipinski definition) is 1. The van der Waals surface area contributed by atoms with Gasteiger partial charge in [-0.1, -0.05) is 0 Å². The molecular weight excluding hydrogens is 290 g/mol. The van der Waals surface area contributed by atoms with E-state index < -0.39 is 5.60 Å². The lowest BCUT2D eigenvalue weighted by Gasteiger charge is -2.36. The van der Waals surface area contributed by atoms with Crippen molar-refractivity contribution in [3.63, 3.8) is 0 Å². The Hall–Kier alpha value is -1.49. The van der Waals surface area contributed by atoms with Gasteiger partial charge < -0.3 is 14.6 Å². The molecule has 1 aliphatic rings. The third-order valence-electron chi connectivity index (χ3n) is 4.55. The van der Waals surface area contributed by atoms with Crippen molar-refractivity contribution in [2.24, 2.45) is 5.92 Å². The van der Waals surface area contributed by atoms with Crippen LogP contribution in [-0.4, -0.2) is 53.2 Å². The van der Waals surface area contributed by atoms with Crippen molar-refractivity contribution >= 4 is 6.09 Å². The van der Waals surface area contributed by atoms with Crippen molar-refractivity contribution in [1.29, 1.82) is 0 Å². The quantitative estimate of drug-likeness (QED) is 0.921. The maximum atomic E-state index is 12.1. The van der Waals surface area contributed by atoms with E-state index >= 15 is 0 Å². The third kappa shape index (κ3) is 5.27. The molecule has 1 aromatic rings. The van der Waals surface area contributed by atoms with Crippen LogP contribution < -0.4 is 0 Å². The maximum Gasteiger partial charge on any atom is 0.410 e. The number of rotatable bonds is 4. The number of H-pyrrole nitrogens is 1. The van der Waals surface area contributed by atoms with Crippen LogP contribution in [0.25, 0.3) is 0 Å². The summed E-state index contributed by atoms with van der Waals surface area (Å²) >= 11 is 0. The van der Waals surface area contributed by atoms with Gasteiger partial charge in [0.1, 0.15) is 5.60 Å². The van der Waals surface area contributed by atoms with Gasteiger partial charge in [-0.05, 0) is 65.6 Å². The molecule has 0 bridgehead atoms. The molecule has 2 heterocycles. The molecule has 1 N–H and O–H groups in total. The number of ether oxygens (including phenoxy) is 1. The Kier molecular flexibility index (Phi) is 5.74. The van der Waals surface area contributed by atoms with E-state index in [1.54, 1.807) is 0 Å². The number of nitrogens with zero attached hydrogens (tertiary/aromatic N) is 2. The van der Waals surface area contributed by atoms with Crippen LogP contribution in [0.3, 0.4) is 0 Å². The molecule has 5 nitrogen and oxygen atoms in total. The number of amides is 1. The SMILES string of the molecule is CC(c1ccc[nH]1)N(C)CC1CCN(C(=O)OC(C)(C)C)CC1. The summed E-state index contributed by atoms with van der Waals surface area (Å²) in [5, 5.41) is 0. The molecule has 23 heavy (non-hydrogen) atoms. The molecular formula is C18H31N3O2. The number of aromatic nitrogens is 1. The predicted octanol–water partition coefficient (Wildman–Crippen LogP) is 3.65. The molecule has 2 rings (SSSR count). The zero-order valence-electron chi connectivity index (χ0n) is 15.1. The highest BCUT2D eigenvalue weighted by Crippen LogP contribution is 2.24. The minimum absolute atomic E-state index is 0.177. The zero-order chi connectivity index (χ0) is 17.0. The van der Waals surface area contributed by atoms with Gasteiger partial charge in [0.2, 0.25) is 0 Å². The van der Waals surface area contributed by atoms with Gasteiger partial charge in [-0.15, -0.1) is 0 Å². The fraction of sp³-hybridized carbons (Fsp3) is 0.722. The molecule has 0 saturated carbocycles. The molecule has 0 aromatic carbocycles. The topological polar surface area (TPSA) is 48.6 Å². The summed E-state index contributed by atoms with van der Waals surface area (Å²) in [4.78, 5) is 19.6. The summed E-state index contributed by atoms with van der Waals surface area (Å²) in [6.07, 6.45) is 3.88. The average molecular weight is 321 g/mol. The third-order valence-corrected chi connectivity index (χ3v) is 4.55. The van der Waals surface area contributed by atoms with Gasteiger partial charge in [0.15, 0.2) is 0 Å². The second-order valence-electron chi connectivity index (χ2n) is 7.65. The van der Waals surface area contributed by atoms with Crippen molar-refractivity contribution in [2.75, 3.05) is 26.7 Å². The van der Waals surface area contributed by atoms with E-state index in [2.05, 4.69) is 29.9 Å². The molecule has 1 aliphatic heterocycles. The van der Waals surface area contributed by atoms with Crippen LogP contribution in [0.2, 0.25) is 0 Å². The van der Waals surface area contributed by atoms with Gasteiger partial charge in [-0.25, -0.2) is 4.79 Å². The smallest absolute Gasteiger partial charge is 0.410 e. The van der Waals surface area contributed by atoms with E-state index in [9.17, 15) is 4.79 Å². The van der Waals surface area contributed by atoms with Gasteiger partial charge in [-0.2, -0.15) is 0 Å². The molecule has 1 fully saturated rings. The molecule has 1 aromatic heterocycles. The lowest BCUT2D eigenvalue weighted by atomic mass is 9.96. The largest absolute Gasteiger partial charge is 0.444 e. The van der Waals surface area contributed by atoms with Crippen molar-refractivity contribution in [3.05, 3.63) is 24.0 Å². The fourth-order valence-electron chi connectivity index (χ4n) is 3.03. The monoisotopic (exact) mass is 321 g/mol. The van der Waals surface area contributed by atoms with Gasteiger partial charge in [-0.3, -0.25) is 4.90 Å². The van der Waals surface area contributed by atoms with Crippen LogP contribution in [0, 0.1) is 5.92 Å². The molecule has 0 radical (unpaired) electrons. The first kappa shape index (κ1) is 17.9. The molecule has 0 aliphatic carbocycles. The summed E-state index contributed by atoms with van der Waals surface area (Å²) in [7, 11) is 2.17. The van der Waals surface area contributed by atoms with Gasteiger partial charge in [0.25, 0.3) is 0 Å². The lowest BCUT2D eigenvalue weighted by molar-refractivity contribution is 0.0168. The predicted molar refractivity (Wildman–Crippen MR) is 92.4 cm³/mol. The van der Waals surface area contributed by atoms with Gasteiger partial charge >= 0.3 is 6.09 Å². The Morgan fingerprint density at radius 3 is 2.61 bits per heavy atom. The van der Waals surface area contributed by atoms with E-state index in [1.807, 2.05) is 37.9 Å². The van der Waals surface area contributed by atoms with Crippen molar-refractivity contribution in [3.8, 4) is 0 Å². The van der Waals surface area contributed by atoms with Crippen LogP contribution >= 0.6 is 0 Å². The minimum Gasteiger partial charge on any atom is -0.444 e. The molecule has 1 unspecified atom stereocenters.